The van der Waals surface area contributed by atoms with Crippen molar-refractivity contribution < 1.29 is 17.9 Å². The minimum absolute atomic E-state index is 0.241. The molecule has 0 saturated carbocycles. The lowest BCUT2D eigenvalue weighted by Crippen LogP contribution is -2.40. The number of nitrogens with zero attached hydrogens (tertiary/aromatic N) is 1. The molecule has 1 aromatic carbocycles. The summed E-state index contributed by atoms with van der Waals surface area (Å²) in [5, 5.41) is 2.95. The molecule has 19 heavy (non-hydrogen) atoms. The SMILES string of the molecule is CNc1ccc(S(=O)(=O)N2CCOCC2)cc1OC. The third kappa shape index (κ3) is 2.83. The molecule has 0 spiro atoms. The molecule has 7 heteroatoms. The van der Waals surface area contributed by atoms with Gasteiger partial charge in [0.1, 0.15) is 5.75 Å². The van der Waals surface area contributed by atoms with Crippen LogP contribution in [0.2, 0.25) is 0 Å². The lowest BCUT2D eigenvalue weighted by Gasteiger charge is -2.26. The fraction of sp³-hybridized carbons (Fsp3) is 0.500. The topological polar surface area (TPSA) is 67.9 Å². The van der Waals surface area contributed by atoms with Crippen LogP contribution in [0.5, 0.6) is 5.75 Å². The van der Waals surface area contributed by atoms with E-state index in [1.54, 1.807) is 19.2 Å². The number of ether oxygens (including phenoxy) is 2. The summed E-state index contributed by atoms with van der Waals surface area (Å²) in [6.45, 7) is 1.65. The standard InChI is InChI=1S/C12H18N2O4S/c1-13-11-4-3-10(9-12(11)17-2)19(15,16)14-5-7-18-8-6-14/h3-4,9,13H,5-8H2,1-2H3. The molecule has 0 unspecified atom stereocenters. The van der Waals surface area contributed by atoms with E-state index in [4.69, 9.17) is 9.47 Å². The van der Waals surface area contributed by atoms with Gasteiger partial charge in [-0.15, -0.1) is 0 Å². The van der Waals surface area contributed by atoms with Gasteiger partial charge in [-0.2, -0.15) is 4.31 Å². The average Bonchev–Trinajstić information content (AvgIpc) is 2.47. The van der Waals surface area contributed by atoms with Gasteiger partial charge in [0.15, 0.2) is 0 Å². The minimum Gasteiger partial charge on any atom is -0.495 e. The molecule has 1 aliphatic heterocycles. The van der Waals surface area contributed by atoms with Crippen LogP contribution in [0.1, 0.15) is 0 Å². The zero-order chi connectivity index (χ0) is 13.9. The van der Waals surface area contributed by atoms with E-state index in [0.29, 0.717) is 32.1 Å². The number of benzene rings is 1. The van der Waals surface area contributed by atoms with Gasteiger partial charge in [-0.3, -0.25) is 0 Å². The Morgan fingerprint density at radius 2 is 2.00 bits per heavy atom. The maximum atomic E-state index is 12.4. The highest BCUT2D eigenvalue weighted by Gasteiger charge is 2.26. The molecule has 1 heterocycles. The average molecular weight is 286 g/mol. The van der Waals surface area contributed by atoms with Crippen molar-refractivity contribution in [2.75, 3.05) is 45.8 Å². The smallest absolute Gasteiger partial charge is 0.243 e. The number of nitrogens with one attached hydrogen (secondary N) is 1. The van der Waals surface area contributed by atoms with Crippen molar-refractivity contribution in [3.05, 3.63) is 18.2 Å². The second-order valence-corrected chi connectivity index (χ2v) is 6.07. The molecule has 1 aliphatic rings. The Hall–Kier alpha value is -1.31. The van der Waals surface area contributed by atoms with Crippen LogP contribution in [0.25, 0.3) is 0 Å². The molecule has 6 nitrogen and oxygen atoms in total. The summed E-state index contributed by atoms with van der Waals surface area (Å²) >= 11 is 0. The Bertz CT molecular complexity index is 539. The number of anilines is 1. The van der Waals surface area contributed by atoms with Gasteiger partial charge >= 0.3 is 0 Å². The first-order valence-corrected chi connectivity index (χ1v) is 7.47. The number of hydrogen-bond acceptors (Lipinski definition) is 5. The van der Waals surface area contributed by atoms with E-state index in [9.17, 15) is 8.42 Å². The maximum absolute atomic E-state index is 12.4. The third-order valence-corrected chi connectivity index (χ3v) is 4.94. The highest BCUT2D eigenvalue weighted by molar-refractivity contribution is 7.89. The second-order valence-electron chi connectivity index (χ2n) is 4.13. The summed E-state index contributed by atoms with van der Waals surface area (Å²) in [6, 6.07) is 4.82. The Kier molecular flexibility index (Phi) is 4.28. The summed E-state index contributed by atoms with van der Waals surface area (Å²) in [5.74, 6) is 0.511. The van der Waals surface area contributed by atoms with Crippen molar-refractivity contribution in [2.24, 2.45) is 0 Å². The van der Waals surface area contributed by atoms with Gasteiger partial charge < -0.3 is 14.8 Å². The van der Waals surface area contributed by atoms with Crippen molar-refractivity contribution in [1.82, 2.24) is 4.31 Å². The lowest BCUT2D eigenvalue weighted by atomic mass is 10.3. The molecule has 106 valence electrons. The van der Waals surface area contributed by atoms with Gasteiger partial charge in [-0.25, -0.2) is 8.42 Å². The van der Waals surface area contributed by atoms with Gasteiger partial charge in [-0.1, -0.05) is 0 Å². The summed E-state index contributed by atoms with van der Waals surface area (Å²) in [7, 11) is -0.201. The summed E-state index contributed by atoms with van der Waals surface area (Å²) in [6.07, 6.45) is 0. The number of morpholine rings is 1. The van der Waals surface area contributed by atoms with Crippen LogP contribution in [-0.4, -0.2) is 53.2 Å². The number of methoxy groups -OCH3 is 1. The van der Waals surface area contributed by atoms with E-state index in [0.717, 1.165) is 5.69 Å². The van der Waals surface area contributed by atoms with E-state index < -0.39 is 10.0 Å². The molecule has 1 fully saturated rings. The van der Waals surface area contributed by atoms with Crippen molar-refractivity contribution in [3.63, 3.8) is 0 Å². The molecule has 1 saturated heterocycles. The third-order valence-electron chi connectivity index (χ3n) is 3.05. The van der Waals surface area contributed by atoms with Crippen LogP contribution < -0.4 is 10.1 Å². The zero-order valence-corrected chi connectivity index (χ0v) is 11.9. The molecule has 0 radical (unpaired) electrons. The second kappa shape index (κ2) is 5.77. The molecule has 0 amide bonds. The van der Waals surface area contributed by atoms with Crippen molar-refractivity contribution in [1.29, 1.82) is 0 Å². The lowest BCUT2D eigenvalue weighted by molar-refractivity contribution is 0.0730. The van der Waals surface area contributed by atoms with Crippen molar-refractivity contribution in [2.45, 2.75) is 4.90 Å². The predicted molar refractivity (Wildman–Crippen MR) is 72.1 cm³/mol. The van der Waals surface area contributed by atoms with Crippen LogP contribution in [0, 0.1) is 0 Å². The van der Waals surface area contributed by atoms with E-state index in [1.165, 1.54) is 17.5 Å². The molecule has 1 aromatic rings. The summed E-state index contributed by atoms with van der Waals surface area (Å²) in [5.41, 5.74) is 0.753. The normalized spacial score (nSPS) is 17.2. The quantitative estimate of drug-likeness (QED) is 0.885. The molecule has 0 aromatic heterocycles. The molecule has 0 bridgehead atoms. The Labute approximate surface area is 113 Å². The van der Waals surface area contributed by atoms with Crippen molar-refractivity contribution >= 4 is 15.7 Å². The van der Waals surface area contributed by atoms with Crippen LogP contribution in [0.15, 0.2) is 23.1 Å². The van der Waals surface area contributed by atoms with Gasteiger partial charge in [0.2, 0.25) is 10.0 Å². The monoisotopic (exact) mass is 286 g/mol. The molecular formula is C12H18N2O4S. The Morgan fingerprint density at radius 3 is 2.58 bits per heavy atom. The molecular weight excluding hydrogens is 268 g/mol. The summed E-state index contributed by atoms with van der Waals surface area (Å²) in [4.78, 5) is 0.241. The predicted octanol–water partition coefficient (Wildman–Crippen LogP) is 0.758. The molecule has 0 atom stereocenters. The maximum Gasteiger partial charge on any atom is 0.243 e. The van der Waals surface area contributed by atoms with Crippen LogP contribution in [-0.2, 0) is 14.8 Å². The van der Waals surface area contributed by atoms with Gasteiger partial charge in [0.25, 0.3) is 0 Å². The van der Waals surface area contributed by atoms with Crippen LogP contribution >= 0.6 is 0 Å². The van der Waals surface area contributed by atoms with Crippen LogP contribution in [0.4, 0.5) is 5.69 Å². The largest absolute Gasteiger partial charge is 0.495 e. The van der Waals surface area contributed by atoms with Crippen LogP contribution in [0.3, 0.4) is 0 Å². The van der Waals surface area contributed by atoms with E-state index in [-0.39, 0.29) is 4.90 Å². The fourth-order valence-electron chi connectivity index (χ4n) is 1.97. The first-order valence-electron chi connectivity index (χ1n) is 6.03. The van der Waals surface area contributed by atoms with Crippen molar-refractivity contribution in [3.8, 4) is 5.75 Å². The van der Waals surface area contributed by atoms with Gasteiger partial charge in [0.05, 0.1) is 30.9 Å². The van der Waals surface area contributed by atoms with E-state index in [1.807, 2.05) is 0 Å². The van der Waals surface area contributed by atoms with E-state index >= 15 is 0 Å². The van der Waals surface area contributed by atoms with E-state index in [2.05, 4.69) is 5.32 Å². The Morgan fingerprint density at radius 1 is 1.32 bits per heavy atom. The van der Waals surface area contributed by atoms with Gasteiger partial charge in [-0.05, 0) is 12.1 Å². The molecule has 1 N–H and O–H groups in total. The molecule has 2 rings (SSSR count). The fourth-order valence-corrected chi connectivity index (χ4v) is 3.40. The van der Waals surface area contributed by atoms with Gasteiger partial charge in [0, 0.05) is 26.2 Å². The number of sulfonamides is 1. The number of rotatable bonds is 4. The molecule has 0 aliphatic carbocycles. The Balaban J connectivity index is 2.34. The highest BCUT2D eigenvalue weighted by Crippen LogP contribution is 2.28. The zero-order valence-electron chi connectivity index (χ0n) is 11.0. The summed E-state index contributed by atoms with van der Waals surface area (Å²) < 4.78 is 36.7. The first kappa shape index (κ1) is 14.1. The highest BCUT2D eigenvalue weighted by atomic mass is 32.2. The first-order chi connectivity index (χ1) is 9.09. The number of hydrogen-bond donors (Lipinski definition) is 1. The minimum atomic E-state index is -3.47.